The number of anilines is 2. The van der Waals surface area contributed by atoms with Crippen molar-refractivity contribution in [3.8, 4) is 11.3 Å². The molecule has 682 valence electrons. The molecule has 3 fully saturated rings. The van der Waals surface area contributed by atoms with Crippen LogP contribution in [-0.2, 0) is 105 Å². The van der Waals surface area contributed by atoms with Crippen LogP contribution in [0.3, 0.4) is 0 Å². The Bertz CT molecular complexity index is 4290. The van der Waals surface area contributed by atoms with Gasteiger partial charge in [-0.05, 0) is 156 Å². The highest BCUT2D eigenvalue weighted by Crippen LogP contribution is 2.40. The highest BCUT2D eigenvalue weighted by atomic mass is 16.6. The Balaban J connectivity index is 0.633. The summed E-state index contributed by atoms with van der Waals surface area (Å²) in [7, 11) is 4.65. The second kappa shape index (κ2) is 49.7. The number of aryl methyl sites for hydroxylation is 1. The molecule has 33 nitrogen and oxygen atoms in total. The molecular weight excluding hydrogens is 1590 g/mol. The van der Waals surface area contributed by atoms with E-state index in [1.165, 1.54) is 18.3 Å². The summed E-state index contributed by atoms with van der Waals surface area (Å²) in [5, 5.41) is 41.1. The minimum atomic E-state index is -2.47. The number of esters is 1. The molecule has 7 heterocycles. The molecule has 5 aromatic rings. The average Bonchev–Trinajstić information content (AvgIpc) is 1.76. The van der Waals surface area contributed by atoms with Crippen molar-refractivity contribution in [1.82, 2.24) is 49.9 Å². The maximum atomic E-state index is 14.8. The zero-order valence-electron chi connectivity index (χ0n) is 74.3. The summed E-state index contributed by atoms with van der Waals surface area (Å²) >= 11 is 0. The number of aliphatic hydroxyl groups is 2. The molecule has 9 rings (SSSR count). The highest BCUT2D eigenvalue weighted by Gasteiger charge is 2.53. The van der Waals surface area contributed by atoms with Crippen LogP contribution in [0.25, 0.3) is 33.4 Å². The largest absolute Gasteiger partial charge is 0.460 e. The van der Waals surface area contributed by atoms with Crippen molar-refractivity contribution in [3.63, 3.8) is 0 Å². The molecule has 0 radical (unpaired) electrons. The number of Topliss-reactive ketones (excluding diaryl/α,β-unsaturated/α-hetero) is 3. The van der Waals surface area contributed by atoms with E-state index >= 15 is 0 Å². The Morgan fingerprint density at radius 3 is 2.18 bits per heavy atom. The minimum absolute atomic E-state index is 0.00679. The third kappa shape index (κ3) is 29.7. The molecule has 1 saturated carbocycles. The molecule has 4 aromatic heterocycles. The molecule has 4 aliphatic rings. The Kier molecular flexibility index (Phi) is 39.8. The van der Waals surface area contributed by atoms with Gasteiger partial charge in [0.1, 0.15) is 53.5 Å². The number of nitrogen functional groups attached to an aromatic ring is 2. The quantitative estimate of drug-likeness (QED) is 0.0106. The van der Waals surface area contributed by atoms with E-state index in [9.17, 15) is 39.0 Å². The van der Waals surface area contributed by atoms with E-state index in [-0.39, 0.29) is 91.3 Å². The zero-order valence-corrected chi connectivity index (χ0v) is 74.3. The molecule has 0 unspecified atom stereocenters. The zero-order chi connectivity index (χ0) is 88.6. The number of ether oxygens (including phenoxy) is 12. The van der Waals surface area contributed by atoms with Gasteiger partial charge in [-0.1, -0.05) is 90.1 Å². The first-order chi connectivity index (χ1) is 59.1. The molecule has 2 bridgehead atoms. The van der Waals surface area contributed by atoms with E-state index in [0.717, 1.165) is 42.5 Å². The Labute approximate surface area is 723 Å². The van der Waals surface area contributed by atoms with Gasteiger partial charge in [0.15, 0.2) is 17.0 Å². The first kappa shape index (κ1) is 98.6. The number of amides is 2. The van der Waals surface area contributed by atoms with Crippen LogP contribution in [0.2, 0.25) is 0 Å². The van der Waals surface area contributed by atoms with Gasteiger partial charge >= 0.3 is 5.97 Å². The molecule has 2 amide bonds. The second-order valence-electron chi connectivity index (χ2n) is 34.2. The molecule has 15 atom stereocenters. The number of allylic oxidation sites excluding steroid dienone is 6. The number of carbonyl (C=O) groups excluding carboxylic acids is 6. The van der Waals surface area contributed by atoms with Crippen molar-refractivity contribution in [3.05, 3.63) is 84.0 Å². The molecular formula is C90H136N12O21. The van der Waals surface area contributed by atoms with Crippen LogP contribution in [0.15, 0.2) is 82.7 Å². The minimum Gasteiger partial charge on any atom is -0.460 e. The number of aromatic nitrogens is 8. The molecule has 33 heteroatoms. The van der Waals surface area contributed by atoms with Gasteiger partial charge in [0.05, 0.1) is 121 Å². The molecule has 7 N–H and O–H groups in total. The normalized spacial score (nSPS) is 27.2. The van der Waals surface area contributed by atoms with Crippen LogP contribution >= 0.6 is 0 Å². The lowest BCUT2D eigenvalue weighted by molar-refractivity contribution is -0.265. The third-order valence-corrected chi connectivity index (χ3v) is 24.0. The SMILES string of the molecule is CO[C@H]1C[C@@H]2CC[C@@H](C)[C@@](O)(O2)C(=O)C(=O)N2CCCC[C@H]2C(=O)O[C@H]([C@H](C)C[C@@H]2CC[C@@H](OCCC(C)(C)Cc3cn(CCOCCOCCOCCOCCOCCOCCC(=O)NCCCCn4nc(-c5ccc6oc(N)nc6c5)c5c(N)ncnc54)nn3)[C@H](OC)C2)CC(=O)[C@H](C)/C=C(\C)[C@@H](O)[C@@H](OC)C(=O)[C@H](C)C[C@H](C)/C=C/C=C/C=C/1C. The lowest BCUT2D eigenvalue weighted by Gasteiger charge is -2.42. The Morgan fingerprint density at radius 2 is 1.48 bits per heavy atom. The summed E-state index contributed by atoms with van der Waals surface area (Å²) in [6.07, 6.45) is 18.2. The molecule has 1 aromatic carbocycles. The standard InChI is InChI=1S/C90H136N12O21/c1-58-20-14-13-15-21-59(2)74(111-10)53-68-26-23-64(7)90(110,123-68)83(107)86(108)101-32-18-16-22-70(101)87(109)121-75(54-71(103)60(3)49-63(6)81(106)82(113-12)80(105)62(5)48-58)61(4)50-65-24-27-73(76(51-65)112-11)120-36-30-89(8,9)55-67-56-100(99-97-67)34-37-115-39-41-117-43-45-119-47-46-118-44-42-116-40-38-114-35-29-77(104)93-31-17-19-33-102-85-78(84(91)94-57-95-85)79(98-102)66-25-28-72-69(52-66)96-88(92)122-72/h13-15,20-21,25,28,49,52,56-58,60-62,64-65,68,70,73-76,81-82,106,110H,16-19,22-24,26-27,29-48,50-51,53-55H2,1-12H3,(H2,92,96)(H,93,104)(H2,91,94,95)/b15-13+,20-14+,59-21+,63-49+/t58-,60-,61-,62-,64-,65+,68+,70+,73-,74+,75+,76-,81-,82+,90-/m1/s1. The van der Waals surface area contributed by atoms with Gasteiger partial charge < -0.3 is 93.2 Å². The fourth-order valence-corrected chi connectivity index (χ4v) is 16.6. The van der Waals surface area contributed by atoms with E-state index in [4.69, 9.17) is 77.8 Å². The number of rotatable bonds is 39. The maximum absolute atomic E-state index is 14.8. The number of carbonyl (C=O) groups is 6. The van der Waals surface area contributed by atoms with Crippen LogP contribution in [0.5, 0.6) is 0 Å². The lowest BCUT2D eigenvalue weighted by atomic mass is 9.78. The van der Waals surface area contributed by atoms with Crippen molar-refractivity contribution < 1.29 is 100 Å². The summed E-state index contributed by atoms with van der Waals surface area (Å²) in [4.78, 5) is 99.0. The van der Waals surface area contributed by atoms with Crippen molar-refractivity contribution in [2.24, 2.45) is 40.9 Å². The summed E-state index contributed by atoms with van der Waals surface area (Å²) in [6.45, 7) is 24.0. The van der Waals surface area contributed by atoms with E-state index in [2.05, 4.69) is 44.4 Å². The number of nitrogens with one attached hydrogen (secondary N) is 1. The number of benzene rings is 1. The van der Waals surface area contributed by atoms with Crippen molar-refractivity contribution >= 4 is 69.1 Å². The summed E-state index contributed by atoms with van der Waals surface area (Å²) < 4.78 is 80.0. The smallest absolute Gasteiger partial charge is 0.329 e. The van der Waals surface area contributed by atoms with Gasteiger partial charge in [0.2, 0.25) is 11.7 Å². The van der Waals surface area contributed by atoms with Gasteiger partial charge in [0.25, 0.3) is 17.7 Å². The lowest BCUT2D eigenvalue weighted by Crippen LogP contribution is -2.61. The van der Waals surface area contributed by atoms with Crippen LogP contribution in [0, 0.1) is 40.9 Å². The Morgan fingerprint density at radius 1 is 0.772 bits per heavy atom. The molecule has 3 aliphatic heterocycles. The van der Waals surface area contributed by atoms with Crippen LogP contribution in [-0.4, -0.2) is 265 Å². The number of nitrogens with two attached hydrogens (primary N) is 2. The number of oxazole rings is 1. The first-order valence-electron chi connectivity index (χ1n) is 44.0. The van der Waals surface area contributed by atoms with E-state index in [1.807, 2.05) is 76.4 Å². The topological polar surface area (TPSA) is 421 Å². The molecule has 123 heavy (non-hydrogen) atoms. The van der Waals surface area contributed by atoms with Crippen LogP contribution in [0.1, 0.15) is 171 Å². The number of ketones is 3. The van der Waals surface area contributed by atoms with Crippen molar-refractivity contribution in [2.45, 2.75) is 239 Å². The average molecular weight is 1720 g/mol. The fraction of sp³-hybridized carbons (Fsp3) is 0.689. The number of piperidine rings is 1. The van der Waals surface area contributed by atoms with Crippen molar-refractivity contribution in [1.29, 1.82) is 0 Å². The van der Waals surface area contributed by atoms with E-state index in [1.54, 1.807) is 56.5 Å². The summed E-state index contributed by atoms with van der Waals surface area (Å²) in [5.74, 6) is -7.99. The third-order valence-electron chi connectivity index (χ3n) is 24.0. The molecule has 1 aliphatic carbocycles. The van der Waals surface area contributed by atoms with Crippen LogP contribution < -0.4 is 16.8 Å². The number of fused-ring (bicyclic) bond motifs is 5. The monoisotopic (exact) mass is 1720 g/mol. The fourth-order valence-electron chi connectivity index (χ4n) is 16.6. The number of cyclic esters (lactones) is 1. The van der Waals surface area contributed by atoms with E-state index < -0.39 is 77.8 Å². The van der Waals surface area contributed by atoms with Gasteiger partial charge in [-0.15, -0.1) is 5.10 Å². The molecule has 0 spiro atoms. The number of hydrogen-bond acceptors (Lipinski definition) is 29. The van der Waals surface area contributed by atoms with Gasteiger partial charge in [-0.3, -0.25) is 24.0 Å². The molecule has 2 saturated heterocycles. The highest BCUT2D eigenvalue weighted by molar-refractivity contribution is 6.39. The predicted molar refractivity (Wildman–Crippen MR) is 460 cm³/mol. The number of aliphatic hydroxyl groups excluding tert-OH is 1. The van der Waals surface area contributed by atoms with Crippen molar-refractivity contribution in [2.75, 3.05) is 132 Å². The Hall–Kier alpha value is -8.16. The van der Waals surface area contributed by atoms with E-state index in [0.29, 0.717) is 202 Å². The number of unbranched alkanes of at least 4 members (excludes halogenated alkanes) is 1. The predicted octanol–water partition coefficient (Wildman–Crippen LogP) is 9.65. The second-order valence-corrected chi connectivity index (χ2v) is 34.2. The maximum Gasteiger partial charge on any atom is 0.329 e. The van der Waals surface area contributed by atoms with Gasteiger partial charge in [0, 0.05) is 96.3 Å². The number of hydrogen-bond donors (Lipinski definition) is 5. The number of nitrogens with zero attached hydrogens (tertiary/aromatic N) is 9. The van der Waals surface area contributed by atoms with Gasteiger partial charge in [-0.2, -0.15) is 10.1 Å². The first-order valence-corrected chi connectivity index (χ1v) is 44.0. The summed E-state index contributed by atoms with van der Waals surface area (Å²) in [5.41, 5.74) is 17.2. The van der Waals surface area contributed by atoms with Gasteiger partial charge in [-0.25, -0.2) is 24.1 Å². The number of methoxy groups -OCH3 is 3. The van der Waals surface area contributed by atoms with Crippen LogP contribution in [0.4, 0.5) is 11.8 Å². The summed E-state index contributed by atoms with van der Waals surface area (Å²) in [6, 6.07) is 4.40.